The molecule has 5 rings (SSSR count). The largest absolute Gasteiger partial charge is 0.496 e. The van der Waals surface area contributed by atoms with Crippen molar-refractivity contribution in [3.8, 4) is 17.2 Å². The molecule has 3 heterocycles. The summed E-state index contributed by atoms with van der Waals surface area (Å²) in [5, 5.41) is 16.5. The highest BCUT2D eigenvalue weighted by Gasteiger charge is 2.42. The van der Waals surface area contributed by atoms with E-state index in [1.54, 1.807) is 25.4 Å². The molecule has 218 valence electrons. The van der Waals surface area contributed by atoms with Crippen molar-refractivity contribution in [2.24, 2.45) is 0 Å². The summed E-state index contributed by atoms with van der Waals surface area (Å²) in [6, 6.07) is 17.5. The first-order chi connectivity index (χ1) is 20.2. The number of aromatic nitrogens is 2. The van der Waals surface area contributed by atoms with Crippen molar-refractivity contribution >= 4 is 40.3 Å². The van der Waals surface area contributed by atoms with E-state index in [-0.39, 0.29) is 17.8 Å². The maximum Gasteiger partial charge on any atom is 0.296 e. The molecule has 0 amide bonds. The predicted molar refractivity (Wildman–Crippen MR) is 165 cm³/mol. The van der Waals surface area contributed by atoms with Gasteiger partial charge in [0.15, 0.2) is 5.11 Å². The number of hydrogen-bond acceptors (Lipinski definition) is 7. The summed E-state index contributed by atoms with van der Waals surface area (Å²) in [7, 11) is 3.09. The van der Waals surface area contributed by atoms with Crippen LogP contribution < -0.4 is 19.7 Å². The van der Waals surface area contributed by atoms with E-state index in [1.807, 2.05) is 65.8 Å². The molecule has 2 atom stereocenters. The van der Waals surface area contributed by atoms with Gasteiger partial charge >= 0.3 is 0 Å². The SMILES string of the molecule is COCCOc1ccc(N2C(=S)N[C@H](c3ccccn3)[C@H]2c2cc(C)n(-c3ccc(OC)cc3[N+](=O)[O-])c2C)cc1Cl. The van der Waals surface area contributed by atoms with Crippen LogP contribution in [0, 0.1) is 24.0 Å². The molecule has 12 heteroatoms. The van der Waals surface area contributed by atoms with E-state index < -0.39 is 4.92 Å². The van der Waals surface area contributed by atoms with Gasteiger partial charge in [-0.2, -0.15) is 0 Å². The van der Waals surface area contributed by atoms with Crippen molar-refractivity contribution < 1.29 is 19.1 Å². The molecule has 10 nitrogen and oxygen atoms in total. The van der Waals surface area contributed by atoms with Crippen LogP contribution in [0.5, 0.6) is 11.5 Å². The van der Waals surface area contributed by atoms with Crippen LogP contribution in [-0.4, -0.2) is 47.0 Å². The Labute approximate surface area is 253 Å². The third-order valence-electron chi connectivity index (χ3n) is 7.25. The Balaban J connectivity index is 1.64. The van der Waals surface area contributed by atoms with Crippen LogP contribution in [-0.2, 0) is 4.74 Å². The smallest absolute Gasteiger partial charge is 0.296 e. The highest BCUT2D eigenvalue weighted by molar-refractivity contribution is 7.80. The van der Waals surface area contributed by atoms with Crippen molar-refractivity contribution in [1.82, 2.24) is 14.9 Å². The molecule has 2 aromatic carbocycles. The molecular weight excluding hydrogens is 578 g/mol. The van der Waals surface area contributed by atoms with Gasteiger partial charge in [0.2, 0.25) is 0 Å². The lowest BCUT2D eigenvalue weighted by Gasteiger charge is -2.28. The molecule has 0 aliphatic carbocycles. The molecule has 0 saturated carbocycles. The highest BCUT2D eigenvalue weighted by Crippen LogP contribution is 2.45. The molecule has 1 fully saturated rings. The van der Waals surface area contributed by atoms with Gasteiger partial charge in [0, 0.05) is 30.4 Å². The van der Waals surface area contributed by atoms with Crippen molar-refractivity contribution in [1.29, 1.82) is 0 Å². The normalized spacial score (nSPS) is 16.4. The third-order valence-corrected chi connectivity index (χ3v) is 7.86. The molecule has 42 heavy (non-hydrogen) atoms. The van der Waals surface area contributed by atoms with Gasteiger partial charge in [-0.3, -0.25) is 15.1 Å². The number of pyridine rings is 1. The average Bonchev–Trinajstić information content (AvgIpc) is 3.48. The molecule has 1 aliphatic rings. The van der Waals surface area contributed by atoms with Crippen molar-refractivity contribution in [2.75, 3.05) is 32.3 Å². The number of nitrogens with one attached hydrogen (secondary N) is 1. The minimum atomic E-state index is -0.399. The van der Waals surface area contributed by atoms with Gasteiger partial charge in [-0.25, -0.2) is 0 Å². The van der Waals surface area contributed by atoms with Crippen LogP contribution in [0.15, 0.2) is 66.9 Å². The second kappa shape index (κ2) is 12.4. The minimum absolute atomic E-state index is 0.0586. The number of nitrogens with zero attached hydrogens (tertiary/aromatic N) is 4. The lowest BCUT2D eigenvalue weighted by molar-refractivity contribution is -0.384. The van der Waals surface area contributed by atoms with Crippen LogP contribution in [0.3, 0.4) is 0 Å². The van der Waals surface area contributed by atoms with E-state index in [0.29, 0.717) is 40.5 Å². The fourth-order valence-electron chi connectivity index (χ4n) is 5.36. The Morgan fingerprint density at radius 1 is 1.10 bits per heavy atom. The number of nitro benzene ring substituents is 1. The lowest BCUT2D eigenvalue weighted by atomic mass is 9.96. The van der Waals surface area contributed by atoms with E-state index in [4.69, 9.17) is 38.0 Å². The number of halogens is 1. The number of thiocarbonyl (C=S) groups is 1. The number of anilines is 1. The monoisotopic (exact) mass is 607 g/mol. The summed E-state index contributed by atoms with van der Waals surface area (Å²) >= 11 is 12.5. The molecule has 2 aromatic heterocycles. The van der Waals surface area contributed by atoms with E-state index in [9.17, 15) is 10.1 Å². The Morgan fingerprint density at radius 2 is 1.90 bits per heavy atom. The van der Waals surface area contributed by atoms with Gasteiger partial charge in [0.25, 0.3) is 5.69 Å². The van der Waals surface area contributed by atoms with Gasteiger partial charge in [-0.1, -0.05) is 17.7 Å². The molecule has 0 spiro atoms. The summed E-state index contributed by atoms with van der Waals surface area (Å²) in [6.07, 6.45) is 1.74. The number of benzene rings is 2. The van der Waals surface area contributed by atoms with Gasteiger partial charge in [-0.15, -0.1) is 0 Å². The zero-order chi connectivity index (χ0) is 30.0. The molecular formula is C30H30ClN5O5S. The number of ether oxygens (including phenoxy) is 3. The quantitative estimate of drug-likeness (QED) is 0.0967. The van der Waals surface area contributed by atoms with E-state index in [2.05, 4.69) is 10.3 Å². The number of hydrogen-bond donors (Lipinski definition) is 1. The van der Waals surface area contributed by atoms with Gasteiger partial charge in [-0.05, 0) is 80.2 Å². The van der Waals surface area contributed by atoms with E-state index in [1.165, 1.54) is 13.2 Å². The van der Waals surface area contributed by atoms with Gasteiger partial charge in [0.05, 0.1) is 47.5 Å². The molecule has 0 radical (unpaired) electrons. The first-order valence-electron chi connectivity index (χ1n) is 13.2. The Bertz CT molecular complexity index is 1630. The fraction of sp³-hybridized carbons (Fsp3) is 0.267. The van der Waals surface area contributed by atoms with Crippen molar-refractivity contribution in [3.63, 3.8) is 0 Å². The maximum absolute atomic E-state index is 12.1. The second-order valence-electron chi connectivity index (χ2n) is 9.73. The van der Waals surface area contributed by atoms with Crippen LogP contribution >= 0.6 is 23.8 Å². The standard InChI is InChI=1S/C30H30ClN5O5S/c1-18-15-22(19(2)34(18)25-10-9-21(40-4)17-26(25)36(37)38)29-28(24-7-5-6-12-32-24)33-30(42)35(29)20-8-11-27(23(31)16-20)41-14-13-39-3/h5-12,15-17,28-29H,13-14H2,1-4H3,(H,33,42)/t28-,29-/m1/s1. The first-order valence-corrected chi connectivity index (χ1v) is 14.0. The minimum Gasteiger partial charge on any atom is -0.496 e. The molecule has 0 bridgehead atoms. The predicted octanol–water partition coefficient (Wildman–Crippen LogP) is 6.26. The molecule has 1 saturated heterocycles. The first kappa shape index (κ1) is 29.3. The molecule has 1 N–H and O–H groups in total. The zero-order valence-corrected chi connectivity index (χ0v) is 25.1. The van der Waals surface area contributed by atoms with Crippen LogP contribution in [0.25, 0.3) is 5.69 Å². The number of methoxy groups -OCH3 is 2. The average molecular weight is 608 g/mol. The highest BCUT2D eigenvalue weighted by atomic mass is 35.5. The van der Waals surface area contributed by atoms with Crippen LogP contribution in [0.2, 0.25) is 5.02 Å². The van der Waals surface area contributed by atoms with Crippen molar-refractivity contribution in [2.45, 2.75) is 25.9 Å². The van der Waals surface area contributed by atoms with Gasteiger partial charge < -0.3 is 29.0 Å². The summed E-state index contributed by atoms with van der Waals surface area (Å²) < 4.78 is 18.0. The molecule has 4 aromatic rings. The second-order valence-corrected chi connectivity index (χ2v) is 10.5. The van der Waals surface area contributed by atoms with Crippen LogP contribution in [0.1, 0.15) is 34.7 Å². The molecule has 1 aliphatic heterocycles. The van der Waals surface area contributed by atoms with Crippen LogP contribution in [0.4, 0.5) is 11.4 Å². The molecule has 0 unspecified atom stereocenters. The summed E-state index contributed by atoms with van der Waals surface area (Å²) in [4.78, 5) is 18.3. The van der Waals surface area contributed by atoms with E-state index in [0.717, 1.165) is 28.3 Å². The number of nitro groups is 1. The van der Waals surface area contributed by atoms with Crippen molar-refractivity contribution in [3.05, 3.63) is 105 Å². The topological polar surface area (TPSA) is 104 Å². The maximum atomic E-state index is 12.1. The van der Waals surface area contributed by atoms with Gasteiger partial charge in [0.1, 0.15) is 23.8 Å². The Morgan fingerprint density at radius 3 is 2.57 bits per heavy atom. The zero-order valence-electron chi connectivity index (χ0n) is 23.5. The number of aryl methyl sites for hydroxylation is 1. The summed E-state index contributed by atoms with van der Waals surface area (Å²) in [5.74, 6) is 0.949. The Hall–Kier alpha value is -4.19. The fourth-order valence-corrected chi connectivity index (χ4v) is 5.94. The summed E-state index contributed by atoms with van der Waals surface area (Å²) in [6.45, 7) is 4.68. The Kier molecular flexibility index (Phi) is 8.62. The summed E-state index contributed by atoms with van der Waals surface area (Å²) in [5.41, 5.74) is 4.53. The lowest BCUT2D eigenvalue weighted by Crippen LogP contribution is -2.29. The number of rotatable bonds is 10. The third kappa shape index (κ3) is 5.50. The van der Waals surface area contributed by atoms with E-state index >= 15 is 0 Å².